The third kappa shape index (κ3) is 4.15. The molecule has 1 atom stereocenters. The van der Waals surface area contributed by atoms with Crippen LogP contribution in [0.4, 0.5) is 10.8 Å². The minimum atomic E-state index is -0.438. The van der Waals surface area contributed by atoms with Crippen molar-refractivity contribution in [2.24, 2.45) is 5.92 Å². The second-order valence-corrected chi connectivity index (χ2v) is 9.39. The molecule has 2 heterocycles. The number of nitrogens with zero attached hydrogens (tertiary/aromatic N) is 3. The highest BCUT2D eigenvalue weighted by atomic mass is 32.1. The Bertz CT molecular complexity index is 1340. The predicted octanol–water partition coefficient (Wildman–Crippen LogP) is 5.20. The molecule has 1 aromatic heterocycles. The van der Waals surface area contributed by atoms with E-state index in [0.717, 1.165) is 27.0 Å². The van der Waals surface area contributed by atoms with Crippen LogP contribution >= 0.6 is 11.3 Å². The van der Waals surface area contributed by atoms with E-state index in [9.17, 15) is 9.59 Å². The van der Waals surface area contributed by atoms with Gasteiger partial charge in [0, 0.05) is 18.7 Å². The van der Waals surface area contributed by atoms with Crippen molar-refractivity contribution in [2.45, 2.75) is 19.9 Å². The lowest BCUT2D eigenvalue weighted by molar-refractivity contribution is -0.124. The number of carbonyl (C=O) groups excluding carboxylic acids is 2. The van der Waals surface area contributed by atoms with Gasteiger partial charge in [-0.1, -0.05) is 65.9 Å². The van der Waals surface area contributed by atoms with Crippen LogP contribution < -0.4 is 14.5 Å². The van der Waals surface area contributed by atoms with E-state index in [0.29, 0.717) is 24.0 Å². The number of anilines is 2. The standard InChI is InChI=1S/C27H25N3O3S/c1-18-13-14-22(33-2)24-25(18)34-27(28-24)30(16-19-9-5-3-6-10-19)26(32)20-15-23(31)29(17-20)21-11-7-4-8-12-21/h3-14,20H,15-17H2,1-2H3. The Balaban J connectivity index is 1.51. The van der Waals surface area contributed by atoms with Crippen LogP contribution in [0.2, 0.25) is 0 Å². The summed E-state index contributed by atoms with van der Waals surface area (Å²) in [5, 5.41) is 0.613. The van der Waals surface area contributed by atoms with Gasteiger partial charge in [0.2, 0.25) is 11.8 Å². The molecule has 4 aromatic rings. The van der Waals surface area contributed by atoms with E-state index in [2.05, 4.69) is 0 Å². The molecule has 0 spiro atoms. The molecule has 0 radical (unpaired) electrons. The number of fused-ring (bicyclic) bond motifs is 1. The first kappa shape index (κ1) is 22.1. The summed E-state index contributed by atoms with van der Waals surface area (Å²) in [6.07, 6.45) is 0.187. The molecule has 0 N–H and O–H groups in total. The molecular formula is C27H25N3O3S. The molecular weight excluding hydrogens is 446 g/mol. The first-order valence-corrected chi connectivity index (χ1v) is 12.0. The number of amides is 2. The molecule has 5 rings (SSSR count). The van der Waals surface area contributed by atoms with E-state index in [4.69, 9.17) is 9.72 Å². The third-order valence-electron chi connectivity index (χ3n) is 6.13. The van der Waals surface area contributed by atoms with Gasteiger partial charge < -0.3 is 9.64 Å². The van der Waals surface area contributed by atoms with Gasteiger partial charge in [0.15, 0.2) is 5.13 Å². The van der Waals surface area contributed by atoms with Crippen LogP contribution in [0, 0.1) is 12.8 Å². The molecule has 2 amide bonds. The summed E-state index contributed by atoms with van der Waals surface area (Å²) in [5.41, 5.74) is 3.65. The van der Waals surface area contributed by atoms with Crippen LogP contribution in [0.5, 0.6) is 5.75 Å². The number of para-hydroxylation sites is 1. The molecule has 3 aromatic carbocycles. The highest BCUT2D eigenvalue weighted by Gasteiger charge is 2.38. The van der Waals surface area contributed by atoms with Gasteiger partial charge in [-0.05, 0) is 36.2 Å². The Morgan fingerprint density at radius 2 is 1.79 bits per heavy atom. The van der Waals surface area contributed by atoms with Crippen molar-refractivity contribution in [1.82, 2.24) is 4.98 Å². The maximum absolute atomic E-state index is 13.9. The Hall–Kier alpha value is -3.71. The van der Waals surface area contributed by atoms with Crippen LogP contribution in [0.15, 0.2) is 72.8 Å². The van der Waals surface area contributed by atoms with Crippen LogP contribution in [0.25, 0.3) is 10.2 Å². The molecule has 0 aliphatic carbocycles. The number of ether oxygens (including phenoxy) is 1. The SMILES string of the molecule is COc1ccc(C)c2sc(N(Cc3ccccc3)C(=O)C3CC(=O)N(c4ccccc4)C3)nc12. The summed E-state index contributed by atoms with van der Waals surface area (Å²) in [7, 11) is 1.62. The van der Waals surface area contributed by atoms with E-state index in [1.807, 2.05) is 79.7 Å². The van der Waals surface area contributed by atoms with Gasteiger partial charge >= 0.3 is 0 Å². The summed E-state index contributed by atoms with van der Waals surface area (Å²) < 4.78 is 6.51. The lowest BCUT2D eigenvalue weighted by Crippen LogP contribution is -2.37. The number of hydrogen-bond acceptors (Lipinski definition) is 5. The smallest absolute Gasteiger partial charge is 0.234 e. The van der Waals surface area contributed by atoms with Gasteiger partial charge in [0.05, 0.1) is 24.3 Å². The molecule has 7 heteroatoms. The Morgan fingerprint density at radius 1 is 1.09 bits per heavy atom. The summed E-state index contributed by atoms with van der Waals surface area (Å²) in [4.78, 5) is 34.9. The van der Waals surface area contributed by atoms with Crippen molar-refractivity contribution >= 4 is 44.2 Å². The summed E-state index contributed by atoms with van der Waals surface area (Å²) in [6.45, 7) is 2.78. The molecule has 1 unspecified atom stereocenters. The molecule has 0 saturated carbocycles. The van der Waals surface area contributed by atoms with Crippen LogP contribution in [-0.4, -0.2) is 30.5 Å². The van der Waals surface area contributed by atoms with E-state index in [1.54, 1.807) is 16.9 Å². The minimum Gasteiger partial charge on any atom is -0.494 e. The Kier molecular flexibility index (Phi) is 6.02. The van der Waals surface area contributed by atoms with E-state index in [-0.39, 0.29) is 18.2 Å². The summed E-state index contributed by atoms with van der Waals surface area (Å²) in [5.74, 6) is 0.116. The predicted molar refractivity (Wildman–Crippen MR) is 135 cm³/mol. The average Bonchev–Trinajstić information content (AvgIpc) is 3.48. The number of methoxy groups -OCH3 is 1. The fourth-order valence-corrected chi connectivity index (χ4v) is 5.39. The van der Waals surface area contributed by atoms with Gasteiger partial charge in [-0.15, -0.1) is 0 Å². The first-order valence-electron chi connectivity index (χ1n) is 11.2. The van der Waals surface area contributed by atoms with Crippen LogP contribution in [0.1, 0.15) is 17.5 Å². The van der Waals surface area contributed by atoms with Crippen molar-refractivity contribution in [3.8, 4) is 5.75 Å². The molecule has 1 saturated heterocycles. The number of rotatable bonds is 6. The largest absolute Gasteiger partial charge is 0.494 e. The van der Waals surface area contributed by atoms with Crippen molar-refractivity contribution < 1.29 is 14.3 Å². The van der Waals surface area contributed by atoms with Gasteiger partial charge in [0.25, 0.3) is 0 Å². The maximum atomic E-state index is 13.9. The zero-order valence-corrected chi connectivity index (χ0v) is 19.9. The monoisotopic (exact) mass is 471 g/mol. The second kappa shape index (κ2) is 9.27. The first-order chi connectivity index (χ1) is 16.5. The van der Waals surface area contributed by atoms with Crippen LogP contribution in [0.3, 0.4) is 0 Å². The number of carbonyl (C=O) groups is 2. The average molecular weight is 472 g/mol. The van der Waals surface area contributed by atoms with Gasteiger partial charge in [0.1, 0.15) is 11.3 Å². The van der Waals surface area contributed by atoms with E-state index in [1.165, 1.54) is 11.3 Å². The molecule has 172 valence electrons. The topological polar surface area (TPSA) is 62.7 Å². The fourth-order valence-electron chi connectivity index (χ4n) is 4.34. The Morgan fingerprint density at radius 3 is 2.50 bits per heavy atom. The van der Waals surface area contributed by atoms with E-state index >= 15 is 0 Å². The maximum Gasteiger partial charge on any atom is 0.234 e. The lowest BCUT2D eigenvalue weighted by atomic mass is 10.1. The number of aryl methyl sites for hydroxylation is 1. The normalized spacial score (nSPS) is 15.6. The van der Waals surface area contributed by atoms with Crippen molar-refractivity contribution in [3.63, 3.8) is 0 Å². The fraction of sp³-hybridized carbons (Fsp3) is 0.222. The Labute approximate surface area is 202 Å². The van der Waals surface area contributed by atoms with Crippen molar-refractivity contribution in [3.05, 3.63) is 83.9 Å². The zero-order chi connectivity index (χ0) is 23.7. The molecule has 0 bridgehead atoms. The molecule has 1 aliphatic heterocycles. The second-order valence-electron chi connectivity index (χ2n) is 8.41. The number of thiazole rings is 1. The van der Waals surface area contributed by atoms with E-state index < -0.39 is 5.92 Å². The molecule has 6 nitrogen and oxygen atoms in total. The molecule has 1 fully saturated rings. The molecule has 34 heavy (non-hydrogen) atoms. The highest BCUT2D eigenvalue weighted by Crippen LogP contribution is 2.38. The molecule has 1 aliphatic rings. The van der Waals surface area contributed by atoms with Crippen molar-refractivity contribution in [2.75, 3.05) is 23.5 Å². The third-order valence-corrected chi connectivity index (χ3v) is 7.35. The van der Waals surface area contributed by atoms with Gasteiger partial charge in [-0.25, -0.2) is 4.98 Å². The van der Waals surface area contributed by atoms with Gasteiger partial charge in [-0.3, -0.25) is 14.5 Å². The van der Waals surface area contributed by atoms with Crippen molar-refractivity contribution in [1.29, 1.82) is 0 Å². The summed E-state index contributed by atoms with van der Waals surface area (Å²) >= 11 is 1.48. The zero-order valence-electron chi connectivity index (χ0n) is 19.1. The summed E-state index contributed by atoms with van der Waals surface area (Å²) in [6, 6.07) is 23.3. The quantitative estimate of drug-likeness (QED) is 0.388. The minimum absolute atomic E-state index is 0.0361. The highest BCUT2D eigenvalue weighted by molar-refractivity contribution is 7.22. The lowest BCUT2D eigenvalue weighted by Gasteiger charge is -2.23. The van der Waals surface area contributed by atoms with Crippen LogP contribution in [-0.2, 0) is 16.1 Å². The number of aromatic nitrogens is 1. The number of benzene rings is 3. The number of hydrogen-bond donors (Lipinski definition) is 0. The van der Waals surface area contributed by atoms with Gasteiger partial charge in [-0.2, -0.15) is 0 Å².